The van der Waals surface area contributed by atoms with E-state index in [2.05, 4.69) is 10.3 Å². The van der Waals surface area contributed by atoms with Crippen LogP contribution < -0.4 is 5.32 Å². The van der Waals surface area contributed by atoms with Crippen LogP contribution in [0.25, 0.3) is 0 Å². The number of aromatic nitrogens is 1. The number of carbonyl (C=O) groups excluding carboxylic acids is 1. The molecule has 0 bridgehead atoms. The van der Waals surface area contributed by atoms with E-state index in [1.165, 1.54) is 0 Å². The minimum Gasteiger partial charge on any atom is -0.481 e. The van der Waals surface area contributed by atoms with Gasteiger partial charge >= 0.3 is 11.9 Å². The fourth-order valence-electron chi connectivity index (χ4n) is 1.79. The largest absolute Gasteiger partial charge is 0.481 e. The SMILES string of the molecule is Cc1nc(C(=O)NC(C)CC(=O)O)oc1C(C)(C)C. The molecule has 1 amide bonds. The molecule has 6 heteroatoms. The zero-order chi connectivity index (χ0) is 14.8. The Labute approximate surface area is 112 Å². The van der Waals surface area contributed by atoms with Crippen LogP contribution in [0, 0.1) is 6.92 Å². The lowest BCUT2D eigenvalue weighted by Gasteiger charge is -2.14. The molecule has 106 valence electrons. The number of nitrogens with one attached hydrogen (secondary N) is 1. The molecule has 0 aliphatic carbocycles. The van der Waals surface area contributed by atoms with Crippen molar-refractivity contribution in [3.63, 3.8) is 0 Å². The van der Waals surface area contributed by atoms with Crippen molar-refractivity contribution in [3.05, 3.63) is 17.3 Å². The molecule has 2 N–H and O–H groups in total. The van der Waals surface area contributed by atoms with Crippen LogP contribution in [0.3, 0.4) is 0 Å². The van der Waals surface area contributed by atoms with Crippen LogP contribution in [0.15, 0.2) is 4.42 Å². The highest BCUT2D eigenvalue weighted by atomic mass is 16.4. The zero-order valence-corrected chi connectivity index (χ0v) is 11.9. The molecule has 0 fully saturated rings. The third kappa shape index (κ3) is 4.08. The summed E-state index contributed by atoms with van der Waals surface area (Å²) >= 11 is 0. The molecule has 0 spiro atoms. The lowest BCUT2D eigenvalue weighted by atomic mass is 9.92. The first-order valence-corrected chi connectivity index (χ1v) is 6.12. The Hall–Kier alpha value is -1.85. The van der Waals surface area contributed by atoms with Crippen LogP contribution in [0.5, 0.6) is 0 Å². The van der Waals surface area contributed by atoms with Crippen molar-refractivity contribution in [3.8, 4) is 0 Å². The number of carboxylic acids is 1. The molecule has 1 atom stereocenters. The Balaban J connectivity index is 2.81. The van der Waals surface area contributed by atoms with Gasteiger partial charge in [0.25, 0.3) is 5.89 Å². The number of amides is 1. The summed E-state index contributed by atoms with van der Waals surface area (Å²) in [6, 6.07) is -0.477. The third-order valence-corrected chi connectivity index (χ3v) is 2.53. The van der Waals surface area contributed by atoms with Crippen molar-refractivity contribution in [2.75, 3.05) is 0 Å². The molecule has 0 aliphatic heterocycles. The molecule has 1 heterocycles. The normalized spacial score (nSPS) is 13.1. The molecule has 19 heavy (non-hydrogen) atoms. The van der Waals surface area contributed by atoms with Gasteiger partial charge in [-0.15, -0.1) is 0 Å². The summed E-state index contributed by atoms with van der Waals surface area (Å²) in [5.41, 5.74) is 0.436. The second-order valence-corrected chi connectivity index (χ2v) is 5.66. The summed E-state index contributed by atoms with van der Waals surface area (Å²) in [4.78, 5) is 26.5. The number of rotatable bonds is 4. The van der Waals surface area contributed by atoms with E-state index in [4.69, 9.17) is 9.52 Å². The number of nitrogens with zero attached hydrogens (tertiary/aromatic N) is 1. The molecule has 0 saturated heterocycles. The van der Waals surface area contributed by atoms with Crippen LogP contribution >= 0.6 is 0 Å². The molecule has 1 rings (SSSR count). The highest BCUT2D eigenvalue weighted by molar-refractivity contribution is 5.90. The molecular weight excluding hydrogens is 248 g/mol. The fourth-order valence-corrected chi connectivity index (χ4v) is 1.79. The van der Waals surface area contributed by atoms with Crippen molar-refractivity contribution in [1.82, 2.24) is 10.3 Å². The molecule has 6 nitrogen and oxygen atoms in total. The summed E-state index contributed by atoms with van der Waals surface area (Å²) in [6.07, 6.45) is -0.141. The maximum Gasteiger partial charge on any atom is 0.307 e. The van der Waals surface area contributed by atoms with Crippen LogP contribution in [0.1, 0.15) is 56.3 Å². The highest BCUT2D eigenvalue weighted by Gasteiger charge is 2.26. The number of hydrogen-bond donors (Lipinski definition) is 2. The van der Waals surface area contributed by atoms with Gasteiger partial charge in [-0.3, -0.25) is 9.59 Å². The number of carboxylic acid groups (broad SMARTS) is 1. The Kier molecular flexibility index (Phi) is 4.34. The van der Waals surface area contributed by atoms with Crippen LogP contribution in [-0.2, 0) is 10.2 Å². The fraction of sp³-hybridized carbons (Fsp3) is 0.615. The summed E-state index contributed by atoms with van der Waals surface area (Å²) < 4.78 is 5.48. The van der Waals surface area contributed by atoms with Crippen molar-refractivity contribution in [1.29, 1.82) is 0 Å². The van der Waals surface area contributed by atoms with Gasteiger partial charge in [0.05, 0.1) is 12.1 Å². The monoisotopic (exact) mass is 268 g/mol. The second kappa shape index (κ2) is 5.42. The average Bonchev–Trinajstić information content (AvgIpc) is 2.58. The first-order valence-electron chi connectivity index (χ1n) is 6.12. The summed E-state index contributed by atoms with van der Waals surface area (Å²) in [5, 5.41) is 11.2. The summed E-state index contributed by atoms with van der Waals surface area (Å²) in [6.45, 7) is 9.30. The highest BCUT2D eigenvalue weighted by Crippen LogP contribution is 2.26. The van der Waals surface area contributed by atoms with Gasteiger partial charge in [0, 0.05) is 11.5 Å². The van der Waals surface area contributed by atoms with Crippen molar-refractivity contribution >= 4 is 11.9 Å². The molecule has 0 aliphatic rings. The Morgan fingerprint density at radius 1 is 1.42 bits per heavy atom. The average molecular weight is 268 g/mol. The van der Waals surface area contributed by atoms with Crippen LogP contribution in [0.4, 0.5) is 0 Å². The van der Waals surface area contributed by atoms with Gasteiger partial charge in [0.2, 0.25) is 0 Å². The molecule has 0 radical (unpaired) electrons. The maximum absolute atomic E-state index is 11.9. The standard InChI is InChI=1S/C13H20N2O4/c1-7(6-9(16)17)14-11(18)12-15-8(2)10(19-12)13(3,4)5/h7H,6H2,1-5H3,(H,14,18)(H,16,17). The topological polar surface area (TPSA) is 92.4 Å². The van der Waals surface area contributed by atoms with E-state index in [-0.39, 0.29) is 17.7 Å². The Bertz CT molecular complexity index is 485. The van der Waals surface area contributed by atoms with E-state index in [1.807, 2.05) is 20.8 Å². The van der Waals surface area contributed by atoms with Gasteiger partial charge in [-0.2, -0.15) is 0 Å². The van der Waals surface area contributed by atoms with E-state index < -0.39 is 17.9 Å². The van der Waals surface area contributed by atoms with E-state index >= 15 is 0 Å². The second-order valence-electron chi connectivity index (χ2n) is 5.66. The van der Waals surface area contributed by atoms with E-state index in [9.17, 15) is 9.59 Å². The van der Waals surface area contributed by atoms with Gasteiger partial charge in [-0.05, 0) is 13.8 Å². The first kappa shape index (κ1) is 15.2. The quantitative estimate of drug-likeness (QED) is 0.869. The molecule has 0 saturated carbocycles. The van der Waals surface area contributed by atoms with Crippen LogP contribution in [-0.4, -0.2) is 28.0 Å². The minimum atomic E-state index is -0.966. The number of hydrogen-bond acceptors (Lipinski definition) is 4. The maximum atomic E-state index is 11.9. The van der Waals surface area contributed by atoms with Gasteiger partial charge in [0.15, 0.2) is 0 Å². The molecule has 1 unspecified atom stereocenters. The molecule has 0 aromatic carbocycles. The number of oxazole rings is 1. The predicted octanol–water partition coefficient (Wildman–Crippen LogP) is 1.87. The third-order valence-electron chi connectivity index (χ3n) is 2.53. The van der Waals surface area contributed by atoms with Crippen molar-refractivity contribution < 1.29 is 19.1 Å². The minimum absolute atomic E-state index is 0.0281. The molecule has 1 aromatic heterocycles. The smallest absolute Gasteiger partial charge is 0.307 e. The van der Waals surface area contributed by atoms with E-state index in [1.54, 1.807) is 13.8 Å². The van der Waals surface area contributed by atoms with Crippen LogP contribution in [0.2, 0.25) is 0 Å². The Morgan fingerprint density at radius 3 is 2.42 bits per heavy atom. The van der Waals surface area contributed by atoms with Gasteiger partial charge in [-0.25, -0.2) is 4.98 Å². The predicted molar refractivity (Wildman–Crippen MR) is 69.1 cm³/mol. The zero-order valence-electron chi connectivity index (χ0n) is 11.9. The summed E-state index contributed by atoms with van der Waals surface area (Å²) in [7, 11) is 0. The first-order chi connectivity index (χ1) is 8.61. The lowest BCUT2D eigenvalue weighted by molar-refractivity contribution is -0.137. The van der Waals surface area contributed by atoms with E-state index in [0.29, 0.717) is 11.5 Å². The molecular formula is C13H20N2O4. The van der Waals surface area contributed by atoms with Crippen molar-refractivity contribution in [2.24, 2.45) is 0 Å². The Morgan fingerprint density at radius 2 is 2.00 bits per heavy atom. The number of carbonyl (C=O) groups is 2. The molecule has 1 aromatic rings. The summed E-state index contributed by atoms with van der Waals surface area (Å²) in [5.74, 6) is -0.831. The van der Waals surface area contributed by atoms with Crippen molar-refractivity contribution in [2.45, 2.75) is 52.5 Å². The van der Waals surface area contributed by atoms with Gasteiger partial charge in [0.1, 0.15) is 5.76 Å². The van der Waals surface area contributed by atoms with Gasteiger partial charge in [-0.1, -0.05) is 20.8 Å². The number of aryl methyl sites for hydroxylation is 1. The van der Waals surface area contributed by atoms with Gasteiger partial charge < -0.3 is 14.8 Å². The number of aliphatic carboxylic acids is 1. The van der Waals surface area contributed by atoms with E-state index in [0.717, 1.165) is 0 Å². The lowest BCUT2D eigenvalue weighted by Crippen LogP contribution is -2.34.